The van der Waals surface area contributed by atoms with Crippen LogP contribution in [0.5, 0.6) is 0 Å². The summed E-state index contributed by atoms with van der Waals surface area (Å²) in [6.45, 7) is 5.99. The van der Waals surface area contributed by atoms with Crippen LogP contribution in [0.25, 0.3) is 10.7 Å². The van der Waals surface area contributed by atoms with Gasteiger partial charge in [0.25, 0.3) is 0 Å². The average Bonchev–Trinajstić information content (AvgIpc) is 3.01. The molecule has 19 heavy (non-hydrogen) atoms. The van der Waals surface area contributed by atoms with E-state index in [1.807, 2.05) is 11.3 Å². The fourth-order valence-electron chi connectivity index (χ4n) is 2.67. The fraction of sp³-hybridized carbons (Fsp3) is 0.571. The lowest BCUT2D eigenvalue weighted by Gasteiger charge is -2.08. The molecule has 0 unspecified atom stereocenters. The molecular formula is C14H20N4S. The van der Waals surface area contributed by atoms with Gasteiger partial charge in [-0.05, 0) is 51.2 Å². The second kappa shape index (κ2) is 5.33. The number of nitrogens with zero attached hydrogens (tertiary/aromatic N) is 3. The zero-order valence-electron chi connectivity index (χ0n) is 11.6. The standard InChI is InChI=1S/C14H20N4S/c1-3-15-14-17-16-13(18(14)4-2)12-9-10-7-5-6-8-11(10)19-12/h9H,3-8H2,1-2H3,(H,15,17). The normalized spacial score (nSPS) is 14.4. The van der Waals surface area contributed by atoms with Crippen LogP contribution in [0, 0.1) is 0 Å². The molecule has 2 aromatic rings. The molecule has 5 heteroatoms. The zero-order chi connectivity index (χ0) is 13.2. The maximum atomic E-state index is 4.38. The molecule has 0 saturated carbocycles. The van der Waals surface area contributed by atoms with Gasteiger partial charge in [-0.3, -0.25) is 4.57 Å². The van der Waals surface area contributed by atoms with E-state index >= 15 is 0 Å². The predicted octanol–water partition coefficient (Wildman–Crippen LogP) is 3.34. The molecule has 0 aromatic carbocycles. The van der Waals surface area contributed by atoms with Gasteiger partial charge in [-0.2, -0.15) is 0 Å². The Morgan fingerprint density at radius 3 is 2.84 bits per heavy atom. The van der Waals surface area contributed by atoms with Crippen molar-refractivity contribution >= 4 is 17.3 Å². The summed E-state index contributed by atoms with van der Waals surface area (Å²) in [7, 11) is 0. The number of nitrogens with one attached hydrogen (secondary N) is 1. The summed E-state index contributed by atoms with van der Waals surface area (Å²) in [6, 6.07) is 2.32. The van der Waals surface area contributed by atoms with Crippen molar-refractivity contribution in [2.45, 2.75) is 46.1 Å². The number of fused-ring (bicyclic) bond motifs is 1. The van der Waals surface area contributed by atoms with E-state index in [-0.39, 0.29) is 0 Å². The second-order valence-corrected chi connectivity index (χ2v) is 6.02. The molecule has 3 rings (SSSR count). The lowest BCUT2D eigenvalue weighted by atomic mass is 9.99. The Labute approximate surface area is 117 Å². The Balaban J connectivity index is 1.99. The Morgan fingerprint density at radius 1 is 1.26 bits per heavy atom. The highest BCUT2D eigenvalue weighted by molar-refractivity contribution is 7.15. The van der Waals surface area contributed by atoms with Gasteiger partial charge in [0.1, 0.15) is 0 Å². The molecule has 4 nitrogen and oxygen atoms in total. The van der Waals surface area contributed by atoms with E-state index in [4.69, 9.17) is 0 Å². The summed E-state index contributed by atoms with van der Waals surface area (Å²) in [5.74, 6) is 1.89. The number of anilines is 1. The Morgan fingerprint density at radius 2 is 2.11 bits per heavy atom. The molecule has 0 atom stereocenters. The van der Waals surface area contributed by atoms with E-state index in [0.717, 1.165) is 24.9 Å². The molecule has 1 aliphatic rings. The van der Waals surface area contributed by atoms with Crippen molar-refractivity contribution < 1.29 is 0 Å². The van der Waals surface area contributed by atoms with Crippen molar-refractivity contribution in [3.05, 3.63) is 16.5 Å². The summed E-state index contributed by atoms with van der Waals surface area (Å²) in [5.41, 5.74) is 1.53. The highest BCUT2D eigenvalue weighted by Gasteiger charge is 2.18. The van der Waals surface area contributed by atoms with E-state index in [9.17, 15) is 0 Å². The predicted molar refractivity (Wildman–Crippen MR) is 79.8 cm³/mol. The molecule has 0 fully saturated rings. The van der Waals surface area contributed by atoms with Gasteiger partial charge >= 0.3 is 0 Å². The van der Waals surface area contributed by atoms with Crippen molar-refractivity contribution in [1.29, 1.82) is 0 Å². The largest absolute Gasteiger partial charge is 0.355 e. The first kappa shape index (κ1) is 12.7. The minimum atomic E-state index is 0.874. The molecule has 0 saturated heterocycles. The molecule has 1 aliphatic carbocycles. The zero-order valence-corrected chi connectivity index (χ0v) is 12.4. The van der Waals surface area contributed by atoms with Gasteiger partial charge in [0.15, 0.2) is 5.82 Å². The van der Waals surface area contributed by atoms with Crippen LogP contribution in [0.1, 0.15) is 37.1 Å². The van der Waals surface area contributed by atoms with E-state index in [2.05, 4.69) is 40.0 Å². The minimum Gasteiger partial charge on any atom is -0.355 e. The molecule has 0 radical (unpaired) electrons. The van der Waals surface area contributed by atoms with E-state index in [1.165, 1.54) is 36.1 Å². The molecule has 0 aliphatic heterocycles. The highest BCUT2D eigenvalue weighted by atomic mass is 32.1. The molecular weight excluding hydrogens is 256 g/mol. The smallest absolute Gasteiger partial charge is 0.224 e. The molecule has 0 amide bonds. The molecule has 102 valence electrons. The minimum absolute atomic E-state index is 0.874. The van der Waals surface area contributed by atoms with Gasteiger partial charge < -0.3 is 5.32 Å². The van der Waals surface area contributed by atoms with Crippen LogP contribution in [0.3, 0.4) is 0 Å². The quantitative estimate of drug-likeness (QED) is 0.931. The van der Waals surface area contributed by atoms with Crippen molar-refractivity contribution in [2.24, 2.45) is 0 Å². The number of rotatable bonds is 4. The summed E-state index contributed by atoms with van der Waals surface area (Å²) in [5, 5.41) is 11.9. The molecule has 2 aromatic heterocycles. The third-order valence-corrected chi connectivity index (χ3v) is 4.85. The number of hydrogen-bond acceptors (Lipinski definition) is 4. The van der Waals surface area contributed by atoms with Gasteiger partial charge in [0, 0.05) is 18.0 Å². The first-order chi connectivity index (χ1) is 9.33. The lowest BCUT2D eigenvalue weighted by Crippen LogP contribution is -2.06. The number of aromatic nitrogens is 3. The van der Waals surface area contributed by atoms with Gasteiger partial charge in [0.05, 0.1) is 4.88 Å². The Hall–Kier alpha value is -1.36. The maximum absolute atomic E-state index is 4.38. The van der Waals surface area contributed by atoms with E-state index < -0.39 is 0 Å². The third-order valence-electron chi connectivity index (χ3n) is 3.62. The fourth-order valence-corrected chi connectivity index (χ4v) is 3.92. The first-order valence-corrected chi connectivity index (χ1v) is 7.94. The summed E-state index contributed by atoms with van der Waals surface area (Å²) in [6.07, 6.45) is 5.12. The monoisotopic (exact) mass is 276 g/mol. The van der Waals surface area contributed by atoms with Crippen LogP contribution >= 0.6 is 11.3 Å². The van der Waals surface area contributed by atoms with E-state index in [0.29, 0.717) is 0 Å². The van der Waals surface area contributed by atoms with Crippen LogP contribution in [0.15, 0.2) is 6.07 Å². The van der Waals surface area contributed by atoms with Gasteiger partial charge in [0.2, 0.25) is 5.95 Å². The summed E-state index contributed by atoms with van der Waals surface area (Å²) in [4.78, 5) is 2.82. The van der Waals surface area contributed by atoms with Crippen LogP contribution in [-0.4, -0.2) is 21.3 Å². The van der Waals surface area contributed by atoms with Crippen molar-refractivity contribution in [3.63, 3.8) is 0 Å². The van der Waals surface area contributed by atoms with Crippen LogP contribution in [-0.2, 0) is 19.4 Å². The maximum Gasteiger partial charge on any atom is 0.224 e. The van der Waals surface area contributed by atoms with Crippen LogP contribution in [0.4, 0.5) is 5.95 Å². The first-order valence-electron chi connectivity index (χ1n) is 7.12. The third kappa shape index (κ3) is 2.27. The van der Waals surface area contributed by atoms with Crippen LogP contribution in [0.2, 0.25) is 0 Å². The Bertz CT molecular complexity index is 547. The highest BCUT2D eigenvalue weighted by Crippen LogP contribution is 2.35. The molecule has 1 N–H and O–H groups in total. The molecule has 2 heterocycles. The molecule has 0 bridgehead atoms. The van der Waals surface area contributed by atoms with Crippen molar-refractivity contribution in [3.8, 4) is 10.7 Å². The lowest BCUT2D eigenvalue weighted by molar-refractivity contribution is 0.697. The topological polar surface area (TPSA) is 42.7 Å². The van der Waals surface area contributed by atoms with E-state index in [1.54, 1.807) is 4.88 Å². The van der Waals surface area contributed by atoms with Crippen molar-refractivity contribution in [1.82, 2.24) is 14.8 Å². The van der Waals surface area contributed by atoms with Crippen LogP contribution < -0.4 is 5.32 Å². The van der Waals surface area contributed by atoms with Gasteiger partial charge in [-0.25, -0.2) is 0 Å². The van der Waals surface area contributed by atoms with Gasteiger partial charge in [-0.15, -0.1) is 21.5 Å². The second-order valence-electron chi connectivity index (χ2n) is 4.89. The van der Waals surface area contributed by atoms with Crippen molar-refractivity contribution in [2.75, 3.05) is 11.9 Å². The number of thiophene rings is 1. The number of aryl methyl sites for hydroxylation is 2. The average molecular weight is 276 g/mol. The Kier molecular flexibility index (Phi) is 3.55. The van der Waals surface area contributed by atoms with Gasteiger partial charge in [-0.1, -0.05) is 0 Å². The molecule has 0 spiro atoms. The summed E-state index contributed by atoms with van der Waals surface area (Å²) < 4.78 is 2.17. The number of hydrogen-bond donors (Lipinski definition) is 1. The summed E-state index contributed by atoms with van der Waals surface area (Å²) >= 11 is 1.90. The SMILES string of the molecule is CCNc1nnc(-c2cc3c(s2)CCCC3)n1CC.